The van der Waals surface area contributed by atoms with E-state index in [0.29, 0.717) is 22.0 Å². The molecule has 3 N–H and O–H groups in total. The van der Waals surface area contributed by atoms with Crippen LogP contribution in [0.4, 0.5) is 17.1 Å². The molecule has 0 saturated carbocycles. The van der Waals surface area contributed by atoms with E-state index in [4.69, 9.17) is 17.3 Å². The Balaban J connectivity index is 2.36. The van der Waals surface area contributed by atoms with E-state index in [0.717, 1.165) is 10.2 Å². The smallest absolute Gasteiger partial charge is 0.257 e. The van der Waals surface area contributed by atoms with E-state index < -0.39 is 0 Å². The van der Waals surface area contributed by atoms with Gasteiger partial charge >= 0.3 is 0 Å². The van der Waals surface area contributed by atoms with Crippen molar-refractivity contribution in [3.63, 3.8) is 0 Å². The fraction of sp³-hybridized carbons (Fsp3) is 0.133. The number of halogens is 2. The van der Waals surface area contributed by atoms with E-state index in [-0.39, 0.29) is 5.91 Å². The molecule has 0 fully saturated rings. The van der Waals surface area contributed by atoms with Gasteiger partial charge in [-0.05, 0) is 52.3 Å². The highest BCUT2D eigenvalue weighted by Crippen LogP contribution is 2.28. The number of amides is 1. The molecule has 0 aromatic heterocycles. The summed E-state index contributed by atoms with van der Waals surface area (Å²) in [7, 11) is 3.75. The third-order valence-corrected chi connectivity index (χ3v) is 3.85. The lowest BCUT2D eigenvalue weighted by Crippen LogP contribution is -2.19. The molecular weight excluding hydrogens is 354 g/mol. The van der Waals surface area contributed by atoms with Gasteiger partial charge in [0.15, 0.2) is 0 Å². The molecule has 6 heteroatoms. The predicted octanol–water partition coefficient (Wildman–Crippen LogP) is 4.00. The maximum Gasteiger partial charge on any atom is 0.257 e. The molecule has 1 amide bonds. The quantitative estimate of drug-likeness (QED) is 0.805. The van der Waals surface area contributed by atoms with Crippen molar-refractivity contribution in [1.82, 2.24) is 0 Å². The van der Waals surface area contributed by atoms with Crippen molar-refractivity contribution in [2.45, 2.75) is 0 Å². The number of rotatable bonds is 3. The van der Waals surface area contributed by atoms with Gasteiger partial charge in [-0.1, -0.05) is 11.6 Å². The van der Waals surface area contributed by atoms with Crippen LogP contribution in [0.25, 0.3) is 0 Å². The number of nitrogens with zero attached hydrogens (tertiary/aromatic N) is 1. The summed E-state index contributed by atoms with van der Waals surface area (Å²) in [6.07, 6.45) is 0. The average molecular weight is 369 g/mol. The van der Waals surface area contributed by atoms with Gasteiger partial charge in [0, 0.05) is 35.0 Å². The minimum Gasteiger partial charge on any atom is -0.399 e. The third-order valence-electron chi connectivity index (χ3n) is 2.92. The molecule has 0 bridgehead atoms. The molecule has 4 nitrogen and oxygen atoms in total. The monoisotopic (exact) mass is 367 g/mol. The number of nitrogen functional groups attached to an aromatic ring is 1. The first-order valence-corrected chi connectivity index (χ1v) is 7.39. The number of nitrogens with two attached hydrogens (primary N) is 1. The molecule has 2 aromatic carbocycles. The molecule has 2 aromatic rings. The van der Waals surface area contributed by atoms with Crippen molar-refractivity contribution in [2.75, 3.05) is 30.0 Å². The van der Waals surface area contributed by atoms with Crippen molar-refractivity contribution >= 4 is 50.5 Å². The number of carbonyl (C=O) groups is 1. The topological polar surface area (TPSA) is 58.4 Å². The van der Waals surface area contributed by atoms with Gasteiger partial charge in [-0.3, -0.25) is 4.79 Å². The molecule has 0 saturated heterocycles. The number of anilines is 3. The number of benzene rings is 2. The summed E-state index contributed by atoms with van der Waals surface area (Å²) in [6.45, 7) is 0. The zero-order valence-electron chi connectivity index (χ0n) is 11.7. The molecule has 110 valence electrons. The SMILES string of the molecule is CN(C)c1ccc(N)cc1C(=O)Nc1cc(Cl)ccc1Br. The lowest BCUT2D eigenvalue weighted by Gasteiger charge is -2.18. The van der Waals surface area contributed by atoms with E-state index >= 15 is 0 Å². The molecule has 0 aliphatic rings. The fourth-order valence-electron chi connectivity index (χ4n) is 1.91. The first-order chi connectivity index (χ1) is 9.88. The maximum absolute atomic E-state index is 12.5. The lowest BCUT2D eigenvalue weighted by atomic mass is 10.1. The minimum absolute atomic E-state index is 0.242. The molecule has 21 heavy (non-hydrogen) atoms. The summed E-state index contributed by atoms with van der Waals surface area (Å²) in [4.78, 5) is 14.4. The van der Waals surface area contributed by atoms with E-state index in [1.54, 1.807) is 30.3 Å². The van der Waals surface area contributed by atoms with Crippen LogP contribution in [0.1, 0.15) is 10.4 Å². The molecule has 0 heterocycles. The van der Waals surface area contributed by atoms with Gasteiger partial charge in [-0.25, -0.2) is 0 Å². The van der Waals surface area contributed by atoms with Gasteiger partial charge in [0.1, 0.15) is 0 Å². The van der Waals surface area contributed by atoms with Gasteiger partial charge in [0.2, 0.25) is 0 Å². The average Bonchev–Trinajstić information content (AvgIpc) is 2.42. The van der Waals surface area contributed by atoms with Gasteiger partial charge < -0.3 is 16.0 Å². The molecular formula is C15H15BrClN3O. The summed E-state index contributed by atoms with van der Waals surface area (Å²) in [5.41, 5.74) is 8.23. The minimum atomic E-state index is -0.242. The Bertz CT molecular complexity index is 689. The highest BCUT2D eigenvalue weighted by atomic mass is 79.9. The molecule has 0 spiro atoms. The Morgan fingerprint density at radius 2 is 1.95 bits per heavy atom. The van der Waals surface area contributed by atoms with Crippen LogP contribution in [0.2, 0.25) is 5.02 Å². The molecule has 0 atom stereocenters. The van der Waals surface area contributed by atoms with Gasteiger partial charge in [0.25, 0.3) is 5.91 Å². The molecule has 0 radical (unpaired) electrons. The van der Waals surface area contributed by atoms with Gasteiger partial charge in [-0.15, -0.1) is 0 Å². The molecule has 0 aliphatic heterocycles. The lowest BCUT2D eigenvalue weighted by molar-refractivity contribution is 0.102. The van der Waals surface area contributed by atoms with Crippen LogP contribution in [0.15, 0.2) is 40.9 Å². The largest absolute Gasteiger partial charge is 0.399 e. The number of hydrogen-bond donors (Lipinski definition) is 2. The van der Waals surface area contributed by atoms with E-state index in [2.05, 4.69) is 21.2 Å². The van der Waals surface area contributed by atoms with Gasteiger partial charge in [-0.2, -0.15) is 0 Å². The zero-order chi connectivity index (χ0) is 15.6. The molecule has 0 aliphatic carbocycles. The first-order valence-electron chi connectivity index (χ1n) is 6.21. The van der Waals surface area contributed by atoms with Crippen LogP contribution < -0.4 is 16.0 Å². The highest BCUT2D eigenvalue weighted by molar-refractivity contribution is 9.10. The van der Waals surface area contributed by atoms with E-state index in [9.17, 15) is 4.79 Å². The summed E-state index contributed by atoms with van der Waals surface area (Å²) in [5.74, 6) is -0.242. The summed E-state index contributed by atoms with van der Waals surface area (Å²) in [5, 5.41) is 3.39. The first kappa shape index (κ1) is 15.7. The van der Waals surface area contributed by atoms with E-state index in [1.807, 2.05) is 25.1 Å². The predicted molar refractivity (Wildman–Crippen MR) is 92.3 cm³/mol. The molecule has 0 unspecified atom stereocenters. The Kier molecular flexibility index (Phi) is 4.75. The highest BCUT2D eigenvalue weighted by Gasteiger charge is 2.15. The second kappa shape index (κ2) is 6.37. The zero-order valence-corrected chi connectivity index (χ0v) is 14.0. The van der Waals surface area contributed by atoms with Crippen LogP contribution in [-0.4, -0.2) is 20.0 Å². The standard InChI is InChI=1S/C15H15BrClN3O/c1-20(2)14-6-4-10(18)8-11(14)15(21)19-13-7-9(17)3-5-12(13)16/h3-8H,18H2,1-2H3,(H,19,21). The van der Waals surface area contributed by atoms with Gasteiger partial charge in [0.05, 0.1) is 11.3 Å². The van der Waals surface area contributed by atoms with Crippen LogP contribution in [0, 0.1) is 0 Å². The summed E-state index contributed by atoms with van der Waals surface area (Å²) in [6, 6.07) is 10.4. The van der Waals surface area contributed by atoms with Crippen LogP contribution in [0.3, 0.4) is 0 Å². The Hall–Kier alpha value is -1.72. The number of hydrogen-bond acceptors (Lipinski definition) is 3. The Morgan fingerprint density at radius 1 is 1.24 bits per heavy atom. The number of nitrogens with one attached hydrogen (secondary N) is 1. The normalized spacial score (nSPS) is 10.3. The number of carbonyl (C=O) groups excluding carboxylic acids is 1. The molecule has 2 rings (SSSR count). The Labute approximate surface area is 137 Å². The Morgan fingerprint density at radius 3 is 2.62 bits per heavy atom. The summed E-state index contributed by atoms with van der Waals surface area (Å²) < 4.78 is 0.760. The maximum atomic E-state index is 12.5. The third kappa shape index (κ3) is 3.68. The van der Waals surface area contributed by atoms with E-state index in [1.165, 1.54) is 0 Å². The van der Waals surface area contributed by atoms with Crippen molar-refractivity contribution in [3.05, 3.63) is 51.5 Å². The second-order valence-corrected chi connectivity index (χ2v) is 6.04. The van der Waals surface area contributed by atoms with Crippen molar-refractivity contribution in [1.29, 1.82) is 0 Å². The van der Waals surface area contributed by atoms with Crippen molar-refractivity contribution in [2.24, 2.45) is 0 Å². The van der Waals surface area contributed by atoms with Crippen LogP contribution in [0.5, 0.6) is 0 Å². The van der Waals surface area contributed by atoms with Crippen molar-refractivity contribution < 1.29 is 4.79 Å². The second-order valence-electron chi connectivity index (χ2n) is 4.75. The fourth-order valence-corrected chi connectivity index (χ4v) is 2.43. The summed E-state index contributed by atoms with van der Waals surface area (Å²) >= 11 is 9.34. The van der Waals surface area contributed by atoms with Crippen molar-refractivity contribution in [3.8, 4) is 0 Å². The van der Waals surface area contributed by atoms with Crippen LogP contribution in [-0.2, 0) is 0 Å². The van der Waals surface area contributed by atoms with Crippen LogP contribution >= 0.6 is 27.5 Å².